The van der Waals surface area contributed by atoms with E-state index in [1.54, 1.807) is 10.9 Å². The van der Waals surface area contributed by atoms with Gasteiger partial charge >= 0.3 is 0 Å². The second-order valence-electron chi connectivity index (χ2n) is 3.39. The van der Waals surface area contributed by atoms with Crippen molar-refractivity contribution in [1.29, 1.82) is 0 Å². The van der Waals surface area contributed by atoms with Gasteiger partial charge in [-0.05, 0) is 19.4 Å². The second-order valence-corrected chi connectivity index (χ2v) is 4.11. The van der Waals surface area contributed by atoms with Crippen LogP contribution in [0.3, 0.4) is 0 Å². The molecule has 0 bridgehead atoms. The fourth-order valence-electron chi connectivity index (χ4n) is 1.56. The Kier molecular flexibility index (Phi) is 3.10. The Hall–Kier alpha value is -0.940. The van der Waals surface area contributed by atoms with E-state index >= 15 is 0 Å². The molecule has 1 saturated heterocycles. The Morgan fingerprint density at radius 1 is 1.71 bits per heavy atom. The Bertz CT molecular complexity index is 293. The fraction of sp³-hybridized carbons (Fsp3) is 0.556. The van der Waals surface area contributed by atoms with Crippen LogP contribution >= 0.6 is 11.3 Å². The summed E-state index contributed by atoms with van der Waals surface area (Å²) in [6, 6.07) is 0.262. The predicted molar refractivity (Wildman–Crippen MR) is 55.5 cm³/mol. The third-order valence-corrected chi connectivity index (χ3v) is 2.88. The third kappa shape index (κ3) is 2.30. The minimum absolute atomic E-state index is 0.0556. The molecule has 1 aromatic rings. The Morgan fingerprint density at radius 2 is 2.64 bits per heavy atom. The number of nitrogens with zero attached hydrogens (tertiary/aromatic N) is 1. The van der Waals surface area contributed by atoms with Crippen LogP contribution in [0.4, 0.5) is 0 Å². The van der Waals surface area contributed by atoms with Crippen molar-refractivity contribution in [3.05, 3.63) is 16.6 Å². The predicted octanol–water partition coefficient (Wildman–Crippen LogP) is 0.625. The van der Waals surface area contributed by atoms with Gasteiger partial charge in [0.05, 0.1) is 5.51 Å². The molecule has 2 rings (SSSR count). The quantitative estimate of drug-likeness (QED) is 0.754. The standard InChI is InChI=1S/C9H13N3OS/c13-9(8-5-14-6-11-8)12-7-2-1-3-10-4-7/h5-7,10H,1-4H2,(H,12,13)/t7-/m0/s1. The summed E-state index contributed by atoms with van der Waals surface area (Å²) in [4.78, 5) is 15.5. The number of piperidine rings is 1. The van der Waals surface area contributed by atoms with Crippen LogP contribution in [0.15, 0.2) is 10.9 Å². The van der Waals surface area contributed by atoms with E-state index in [0.29, 0.717) is 5.69 Å². The molecule has 2 N–H and O–H groups in total. The molecular weight excluding hydrogens is 198 g/mol. The minimum atomic E-state index is -0.0556. The van der Waals surface area contributed by atoms with Gasteiger partial charge in [-0.1, -0.05) is 0 Å². The molecule has 0 spiro atoms. The smallest absolute Gasteiger partial charge is 0.271 e. The molecule has 14 heavy (non-hydrogen) atoms. The van der Waals surface area contributed by atoms with E-state index in [0.717, 1.165) is 25.9 Å². The Balaban J connectivity index is 1.87. The molecule has 1 aromatic heterocycles. The molecule has 0 radical (unpaired) electrons. The van der Waals surface area contributed by atoms with Crippen molar-refractivity contribution in [2.45, 2.75) is 18.9 Å². The number of amides is 1. The Labute approximate surface area is 86.7 Å². The largest absolute Gasteiger partial charge is 0.347 e. The molecule has 1 aliphatic rings. The topological polar surface area (TPSA) is 54.0 Å². The first-order valence-electron chi connectivity index (χ1n) is 4.76. The maximum Gasteiger partial charge on any atom is 0.271 e. The number of rotatable bonds is 2. The molecule has 1 aliphatic heterocycles. The van der Waals surface area contributed by atoms with Gasteiger partial charge in [-0.3, -0.25) is 4.79 Å². The van der Waals surface area contributed by atoms with E-state index in [1.165, 1.54) is 11.3 Å². The summed E-state index contributed by atoms with van der Waals surface area (Å²) in [6.45, 7) is 1.93. The molecular formula is C9H13N3OS. The number of carbonyl (C=O) groups is 1. The maximum atomic E-state index is 11.6. The van der Waals surface area contributed by atoms with Gasteiger partial charge in [-0.25, -0.2) is 4.98 Å². The summed E-state index contributed by atoms with van der Waals surface area (Å²) in [5.74, 6) is -0.0556. The van der Waals surface area contributed by atoms with Crippen LogP contribution in [0.1, 0.15) is 23.3 Å². The first-order chi connectivity index (χ1) is 6.86. The zero-order chi connectivity index (χ0) is 9.80. The first kappa shape index (κ1) is 9.61. The molecule has 1 fully saturated rings. The van der Waals surface area contributed by atoms with Gasteiger partial charge in [-0.15, -0.1) is 11.3 Å². The van der Waals surface area contributed by atoms with Crippen molar-refractivity contribution in [1.82, 2.24) is 15.6 Å². The van der Waals surface area contributed by atoms with Crippen LogP contribution in [-0.2, 0) is 0 Å². The lowest BCUT2D eigenvalue weighted by Crippen LogP contribution is -2.45. The maximum absolute atomic E-state index is 11.6. The molecule has 1 amide bonds. The second kappa shape index (κ2) is 4.52. The monoisotopic (exact) mass is 211 g/mol. The minimum Gasteiger partial charge on any atom is -0.347 e. The number of carbonyl (C=O) groups excluding carboxylic acids is 1. The molecule has 0 unspecified atom stereocenters. The van der Waals surface area contributed by atoms with Gasteiger partial charge in [0.25, 0.3) is 5.91 Å². The van der Waals surface area contributed by atoms with Gasteiger partial charge in [0, 0.05) is 18.0 Å². The summed E-state index contributed by atoms with van der Waals surface area (Å²) in [5.41, 5.74) is 2.20. The van der Waals surface area contributed by atoms with Crippen molar-refractivity contribution in [2.75, 3.05) is 13.1 Å². The normalized spacial score (nSPS) is 21.9. The van der Waals surface area contributed by atoms with E-state index in [1.807, 2.05) is 0 Å². The highest BCUT2D eigenvalue weighted by atomic mass is 32.1. The summed E-state index contributed by atoms with van der Waals surface area (Å²) >= 11 is 1.44. The average molecular weight is 211 g/mol. The fourth-order valence-corrected chi connectivity index (χ4v) is 2.09. The van der Waals surface area contributed by atoms with E-state index < -0.39 is 0 Å². The summed E-state index contributed by atoms with van der Waals surface area (Å²) in [5, 5.41) is 7.99. The lowest BCUT2D eigenvalue weighted by Gasteiger charge is -2.23. The van der Waals surface area contributed by atoms with Crippen molar-refractivity contribution < 1.29 is 4.79 Å². The molecule has 76 valence electrons. The molecule has 4 nitrogen and oxygen atoms in total. The van der Waals surface area contributed by atoms with Gasteiger partial charge in [0.2, 0.25) is 0 Å². The molecule has 1 atom stereocenters. The highest BCUT2D eigenvalue weighted by molar-refractivity contribution is 7.07. The first-order valence-corrected chi connectivity index (χ1v) is 5.70. The van der Waals surface area contributed by atoms with E-state index in [-0.39, 0.29) is 11.9 Å². The zero-order valence-electron chi connectivity index (χ0n) is 7.82. The van der Waals surface area contributed by atoms with E-state index in [2.05, 4.69) is 15.6 Å². The number of thiazole rings is 1. The molecule has 0 aromatic carbocycles. The SMILES string of the molecule is O=C(N[C@H]1CCCNC1)c1cscn1. The van der Waals surface area contributed by atoms with Crippen molar-refractivity contribution >= 4 is 17.2 Å². The van der Waals surface area contributed by atoms with E-state index in [9.17, 15) is 4.79 Å². The lowest BCUT2D eigenvalue weighted by atomic mass is 10.1. The molecule has 5 heteroatoms. The van der Waals surface area contributed by atoms with Gasteiger partial charge < -0.3 is 10.6 Å². The number of aromatic nitrogens is 1. The summed E-state index contributed by atoms with van der Waals surface area (Å²) in [6.07, 6.45) is 2.19. The van der Waals surface area contributed by atoms with Crippen LogP contribution < -0.4 is 10.6 Å². The van der Waals surface area contributed by atoms with Gasteiger partial charge in [0.15, 0.2) is 0 Å². The van der Waals surface area contributed by atoms with Crippen LogP contribution in [0, 0.1) is 0 Å². The lowest BCUT2D eigenvalue weighted by molar-refractivity contribution is 0.0926. The Morgan fingerprint density at radius 3 is 3.29 bits per heavy atom. The van der Waals surface area contributed by atoms with Crippen molar-refractivity contribution in [3.8, 4) is 0 Å². The van der Waals surface area contributed by atoms with Gasteiger partial charge in [0.1, 0.15) is 5.69 Å². The molecule has 0 aliphatic carbocycles. The average Bonchev–Trinajstić information content (AvgIpc) is 2.72. The van der Waals surface area contributed by atoms with Gasteiger partial charge in [-0.2, -0.15) is 0 Å². The molecule has 0 saturated carbocycles. The highest BCUT2D eigenvalue weighted by Crippen LogP contribution is 2.04. The third-order valence-electron chi connectivity index (χ3n) is 2.30. The highest BCUT2D eigenvalue weighted by Gasteiger charge is 2.16. The summed E-state index contributed by atoms with van der Waals surface area (Å²) < 4.78 is 0. The van der Waals surface area contributed by atoms with Crippen molar-refractivity contribution in [3.63, 3.8) is 0 Å². The van der Waals surface area contributed by atoms with Crippen LogP contribution in [0.25, 0.3) is 0 Å². The van der Waals surface area contributed by atoms with E-state index in [4.69, 9.17) is 0 Å². The van der Waals surface area contributed by atoms with Crippen LogP contribution in [0.5, 0.6) is 0 Å². The number of hydrogen-bond donors (Lipinski definition) is 2. The number of nitrogens with one attached hydrogen (secondary N) is 2. The van der Waals surface area contributed by atoms with Crippen molar-refractivity contribution in [2.24, 2.45) is 0 Å². The van der Waals surface area contributed by atoms with Crippen LogP contribution in [-0.4, -0.2) is 30.0 Å². The zero-order valence-corrected chi connectivity index (χ0v) is 8.64. The summed E-state index contributed by atoms with van der Waals surface area (Å²) in [7, 11) is 0. The molecule has 2 heterocycles. The number of hydrogen-bond acceptors (Lipinski definition) is 4. The van der Waals surface area contributed by atoms with Crippen LogP contribution in [0.2, 0.25) is 0 Å².